The number of amides is 2. The molecule has 0 spiro atoms. The molecule has 2 amide bonds. The van der Waals surface area contributed by atoms with Gasteiger partial charge in [-0.3, -0.25) is 14.9 Å². The molecule has 0 fully saturated rings. The van der Waals surface area contributed by atoms with E-state index in [1.807, 2.05) is 35.7 Å². The van der Waals surface area contributed by atoms with E-state index in [0.717, 1.165) is 19.6 Å². The lowest BCUT2D eigenvalue weighted by Gasteiger charge is -2.19. The van der Waals surface area contributed by atoms with Gasteiger partial charge >= 0.3 is 0 Å². The number of thiophene rings is 1. The Kier molecular flexibility index (Phi) is 8.57. The first-order valence-electron chi connectivity index (χ1n) is 10.1. The lowest BCUT2D eigenvalue weighted by molar-refractivity contribution is -0.115. The van der Waals surface area contributed by atoms with E-state index in [4.69, 9.17) is 4.74 Å². The van der Waals surface area contributed by atoms with Crippen molar-refractivity contribution in [3.8, 4) is 5.75 Å². The van der Waals surface area contributed by atoms with Gasteiger partial charge in [-0.2, -0.15) is 0 Å². The second-order valence-electron chi connectivity index (χ2n) is 6.67. The molecule has 0 bridgehead atoms. The number of ether oxygens (including phenoxy) is 1. The van der Waals surface area contributed by atoms with E-state index in [-0.39, 0.29) is 18.2 Å². The molecule has 7 nitrogen and oxygen atoms in total. The summed E-state index contributed by atoms with van der Waals surface area (Å²) in [7, 11) is 0. The Bertz CT molecular complexity index is 984. The number of hydrogen-bond donors (Lipinski definition) is 2. The average Bonchev–Trinajstić information content (AvgIpc) is 3.45. The van der Waals surface area contributed by atoms with E-state index < -0.39 is 0 Å². The zero-order valence-corrected chi connectivity index (χ0v) is 19.2. The molecule has 0 unspecified atom stereocenters. The van der Waals surface area contributed by atoms with E-state index in [1.165, 1.54) is 22.7 Å². The molecule has 0 aliphatic heterocycles. The van der Waals surface area contributed by atoms with Crippen LogP contribution < -0.4 is 15.4 Å². The number of thiazole rings is 1. The van der Waals surface area contributed by atoms with Crippen LogP contribution in [0.4, 0.5) is 10.8 Å². The largest absolute Gasteiger partial charge is 0.490 e. The van der Waals surface area contributed by atoms with Crippen molar-refractivity contribution in [1.82, 2.24) is 9.88 Å². The third-order valence-electron chi connectivity index (χ3n) is 4.58. The minimum absolute atomic E-state index is 0.110. The maximum Gasteiger partial charge on any atom is 0.267 e. The molecule has 9 heteroatoms. The summed E-state index contributed by atoms with van der Waals surface area (Å²) in [5.74, 6) is 0.252. The van der Waals surface area contributed by atoms with Gasteiger partial charge < -0.3 is 15.0 Å². The van der Waals surface area contributed by atoms with Crippen LogP contribution in [0.15, 0.2) is 47.2 Å². The number of hydrogen-bond acceptors (Lipinski definition) is 7. The van der Waals surface area contributed by atoms with Gasteiger partial charge in [-0.05, 0) is 36.7 Å². The number of likely N-dealkylation sites (N-methyl/N-ethyl adjacent to an activating group) is 1. The van der Waals surface area contributed by atoms with Crippen LogP contribution in [0.25, 0.3) is 0 Å². The van der Waals surface area contributed by atoms with E-state index in [0.29, 0.717) is 33.7 Å². The number of anilines is 2. The molecule has 0 atom stereocenters. The van der Waals surface area contributed by atoms with E-state index in [1.54, 1.807) is 11.4 Å². The minimum atomic E-state index is -0.198. The molecule has 3 rings (SSSR count). The molecule has 3 aromatic rings. The Hall–Kier alpha value is -2.75. The summed E-state index contributed by atoms with van der Waals surface area (Å²) in [5.41, 5.74) is 1.23. The smallest absolute Gasteiger partial charge is 0.267 e. The average molecular weight is 459 g/mol. The van der Waals surface area contributed by atoms with Crippen molar-refractivity contribution in [3.05, 3.63) is 57.7 Å². The Morgan fingerprint density at radius 3 is 2.61 bits per heavy atom. The van der Waals surface area contributed by atoms with Gasteiger partial charge in [-0.1, -0.05) is 32.0 Å². The lowest BCUT2D eigenvalue weighted by Crippen LogP contribution is -2.28. The van der Waals surface area contributed by atoms with Gasteiger partial charge in [-0.15, -0.1) is 22.7 Å². The van der Waals surface area contributed by atoms with Crippen molar-refractivity contribution in [3.63, 3.8) is 0 Å². The van der Waals surface area contributed by atoms with Gasteiger partial charge in [0, 0.05) is 11.9 Å². The number of benzene rings is 1. The SMILES string of the molecule is CCN(CC)CCOc1ccccc1NC(=O)Cc1csc(NC(=O)c2cccs2)n1. The molecule has 0 aliphatic rings. The zero-order chi connectivity index (χ0) is 22.1. The van der Waals surface area contributed by atoms with Gasteiger partial charge in [0.1, 0.15) is 12.4 Å². The van der Waals surface area contributed by atoms with Crippen LogP contribution in [0.3, 0.4) is 0 Å². The predicted octanol–water partition coefficient (Wildman–Crippen LogP) is 4.36. The number of carbonyl (C=O) groups is 2. The summed E-state index contributed by atoms with van der Waals surface area (Å²) in [4.78, 5) is 31.9. The molecule has 0 radical (unpaired) electrons. The molecule has 0 saturated heterocycles. The van der Waals surface area contributed by atoms with E-state index >= 15 is 0 Å². The Morgan fingerprint density at radius 2 is 1.87 bits per heavy atom. The zero-order valence-electron chi connectivity index (χ0n) is 17.6. The van der Waals surface area contributed by atoms with E-state index in [2.05, 4.69) is 34.4 Å². The fraction of sp³-hybridized carbons (Fsp3) is 0.318. The Balaban J connectivity index is 1.53. The molecule has 1 aromatic carbocycles. The number of rotatable bonds is 11. The van der Waals surface area contributed by atoms with Gasteiger partial charge in [0.2, 0.25) is 5.91 Å². The van der Waals surface area contributed by atoms with Crippen LogP contribution in [0, 0.1) is 0 Å². The molecule has 31 heavy (non-hydrogen) atoms. The molecule has 0 saturated carbocycles. The quantitative estimate of drug-likeness (QED) is 0.446. The van der Waals surface area contributed by atoms with Crippen molar-refractivity contribution in [2.24, 2.45) is 0 Å². The fourth-order valence-corrected chi connectivity index (χ4v) is 4.22. The Morgan fingerprint density at radius 1 is 1.06 bits per heavy atom. The van der Waals surface area contributed by atoms with Crippen molar-refractivity contribution in [1.29, 1.82) is 0 Å². The van der Waals surface area contributed by atoms with Crippen molar-refractivity contribution < 1.29 is 14.3 Å². The monoisotopic (exact) mass is 458 g/mol. The molecule has 2 heterocycles. The number of para-hydroxylation sites is 2. The highest BCUT2D eigenvalue weighted by Crippen LogP contribution is 2.24. The first kappa shape index (κ1) is 22.9. The van der Waals surface area contributed by atoms with Crippen molar-refractivity contribution in [2.45, 2.75) is 20.3 Å². The molecule has 2 aromatic heterocycles. The number of nitrogens with zero attached hydrogens (tertiary/aromatic N) is 2. The van der Waals surface area contributed by atoms with Gasteiger partial charge in [-0.25, -0.2) is 4.98 Å². The first-order chi connectivity index (χ1) is 15.1. The van der Waals surface area contributed by atoms with Gasteiger partial charge in [0.05, 0.1) is 22.7 Å². The van der Waals surface area contributed by atoms with Gasteiger partial charge in [0.25, 0.3) is 5.91 Å². The maximum absolute atomic E-state index is 12.5. The first-order valence-corrected chi connectivity index (χ1v) is 11.9. The Labute approximate surface area is 190 Å². The summed E-state index contributed by atoms with van der Waals surface area (Å²) in [6.45, 7) is 7.57. The van der Waals surface area contributed by atoms with Crippen LogP contribution >= 0.6 is 22.7 Å². The molecular weight excluding hydrogens is 432 g/mol. The highest BCUT2D eigenvalue weighted by atomic mass is 32.1. The number of aromatic nitrogens is 1. The predicted molar refractivity (Wildman–Crippen MR) is 126 cm³/mol. The second-order valence-corrected chi connectivity index (χ2v) is 8.48. The number of carbonyl (C=O) groups excluding carboxylic acids is 2. The highest BCUT2D eigenvalue weighted by Gasteiger charge is 2.13. The van der Waals surface area contributed by atoms with Crippen LogP contribution in [-0.4, -0.2) is 47.9 Å². The van der Waals surface area contributed by atoms with Crippen LogP contribution in [0.5, 0.6) is 5.75 Å². The maximum atomic E-state index is 12.5. The van der Waals surface area contributed by atoms with E-state index in [9.17, 15) is 9.59 Å². The molecule has 164 valence electrons. The van der Waals surface area contributed by atoms with Gasteiger partial charge in [0.15, 0.2) is 5.13 Å². The summed E-state index contributed by atoms with van der Waals surface area (Å²) in [5, 5.41) is 9.75. The van der Waals surface area contributed by atoms with Crippen LogP contribution in [-0.2, 0) is 11.2 Å². The molecule has 0 aliphatic carbocycles. The fourth-order valence-electron chi connectivity index (χ4n) is 2.89. The lowest BCUT2D eigenvalue weighted by atomic mass is 10.2. The number of nitrogens with one attached hydrogen (secondary N) is 2. The molecular formula is C22H26N4O3S2. The normalized spacial score (nSPS) is 10.8. The highest BCUT2D eigenvalue weighted by molar-refractivity contribution is 7.14. The third kappa shape index (κ3) is 6.88. The van der Waals surface area contributed by atoms with Crippen LogP contribution in [0.2, 0.25) is 0 Å². The summed E-state index contributed by atoms with van der Waals surface area (Å²) >= 11 is 2.66. The summed E-state index contributed by atoms with van der Waals surface area (Å²) in [6, 6.07) is 11.0. The minimum Gasteiger partial charge on any atom is -0.490 e. The van der Waals surface area contributed by atoms with Crippen molar-refractivity contribution in [2.75, 3.05) is 36.9 Å². The molecule has 2 N–H and O–H groups in total. The summed E-state index contributed by atoms with van der Waals surface area (Å²) < 4.78 is 5.89. The summed E-state index contributed by atoms with van der Waals surface area (Å²) in [6.07, 6.45) is 0.110. The van der Waals surface area contributed by atoms with Crippen LogP contribution in [0.1, 0.15) is 29.2 Å². The standard InChI is InChI=1S/C22H26N4O3S2/c1-3-26(4-2)11-12-29-18-9-6-5-8-17(18)24-20(27)14-16-15-31-22(23-16)25-21(28)19-10-7-13-30-19/h5-10,13,15H,3-4,11-12,14H2,1-2H3,(H,24,27)(H,23,25,28). The topological polar surface area (TPSA) is 83.6 Å². The third-order valence-corrected chi connectivity index (χ3v) is 6.25. The second kappa shape index (κ2) is 11.6. The van der Waals surface area contributed by atoms with Crippen molar-refractivity contribution >= 4 is 45.3 Å².